The molecule has 0 spiro atoms. The van der Waals surface area contributed by atoms with Crippen molar-refractivity contribution < 1.29 is 8.42 Å². The first-order valence-corrected chi connectivity index (χ1v) is 8.34. The molecule has 20 heavy (non-hydrogen) atoms. The molecule has 2 rings (SSSR count). The SMILES string of the molecule is NCc1ccc(S(=O)(=O)Nc2cccc(Cl)c2)c(Br)c1. The average molecular weight is 376 g/mol. The van der Waals surface area contributed by atoms with Gasteiger partial charge in [0.25, 0.3) is 10.0 Å². The van der Waals surface area contributed by atoms with E-state index in [2.05, 4.69) is 20.7 Å². The van der Waals surface area contributed by atoms with E-state index in [0.29, 0.717) is 21.7 Å². The highest BCUT2D eigenvalue weighted by molar-refractivity contribution is 9.10. The van der Waals surface area contributed by atoms with Crippen molar-refractivity contribution in [1.82, 2.24) is 0 Å². The van der Waals surface area contributed by atoms with Gasteiger partial charge in [-0.1, -0.05) is 23.7 Å². The topological polar surface area (TPSA) is 72.2 Å². The summed E-state index contributed by atoms with van der Waals surface area (Å²) in [5.74, 6) is 0. The Hall–Kier alpha value is -1.08. The first kappa shape index (κ1) is 15.3. The molecule has 7 heteroatoms. The van der Waals surface area contributed by atoms with Crippen LogP contribution >= 0.6 is 27.5 Å². The number of hydrogen-bond donors (Lipinski definition) is 2. The van der Waals surface area contributed by atoms with Crippen molar-refractivity contribution in [2.75, 3.05) is 4.72 Å². The van der Waals surface area contributed by atoms with E-state index in [1.807, 2.05) is 0 Å². The number of nitrogens with two attached hydrogens (primary N) is 1. The second-order valence-electron chi connectivity index (χ2n) is 4.08. The normalized spacial score (nSPS) is 11.3. The van der Waals surface area contributed by atoms with Crippen molar-refractivity contribution in [1.29, 1.82) is 0 Å². The van der Waals surface area contributed by atoms with Gasteiger partial charge < -0.3 is 5.73 Å². The van der Waals surface area contributed by atoms with Crippen molar-refractivity contribution in [3.8, 4) is 0 Å². The minimum atomic E-state index is -3.68. The number of hydrogen-bond acceptors (Lipinski definition) is 3. The monoisotopic (exact) mass is 374 g/mol. The third-order valence-corrected chi connectivity index (χ3v) is 5.19. The van der Waals surface area contributed by atoms with E-state index in [4.69, 9.17) is 17.3 Å². The Morgan fingerprint density at radius 1 is 1.20 bits per heavy atom. The number of sulfonamides is 1. The van der Waals surface area contributed by atoms with Gasteiger partial charge in [0, 0.05) is 16.0 Å². The van der Waals surface area contributed by atoms with Gasteiger partial charge >= 0.3 is 0 Å². The molecule has 0 aromatic heterocycles. The molecule has 2 aromatic carbocycles. The Bertz CT molecular complexity index is 735. The molecule has 0 amide bonds. The van der Waals surface area contributed by atoms with Crippen LogP contribution in [0.1, 0.15) is 5.56 Å². The van der Waals surface area contributed by atoms with Crippen LogP contribution in [0.15, 0.2) is 51.8 Å². The molecule has 0 radical (unpaired) electrons. The molecule has 0 heterocycles. The molecule has 0 saturated carbocycles. The van der Waals surface area contributed by atoms with E-state index in [9.17, 15) is 8.42 Å². The summed E-state index contributed by atoms with van der Waals surface area (Å²) >= 11 is 9.08. The molecule has 0 saturated heterocycles. The number of halogens is 2. The minimum Gasteiger partial charge on any atom is -0.326 e. The summed E-state index contributed by atoms with van der Waals surface area (Å²) in [6.45, 7) is 0.348. The predicted octanol–water partition coefficient (Wildman–Crippen LogP) is 3.36. The third kappa shape index (κ3) is 3.52. The third-order valence-electron chi connectivity index (χ3n) is 2.60. The van der Waals surface area contributed by atoms with Crippen LogP contribution in [-0.2, 0) is 16.6 Å². The zero-order chi connectivity index (χ0) is 14.8. The number of anilines is 1. The first-order chi connectivity index (χ1) is 9.42. The fourth-order valence-corrected chi connectivity index (χ4v) is 4.02. The van der Waals surface area contributed by atoms with Crippen LogP contribution in [0.5, 0.6) is 0 Å². The summed E-state index contributed by atoms with van der Waals surface area (Å²) in [6.07, 6.45) is 0. The lowest BCUT2D eigenvalue weighted by atomic mass is 10.2. The molecular formula is C13H12BrClN2O2S. The summed E-state index contributed by atoms with van der Waals surface area (Å²) < 4.78 is 27.6. The Balaban J connectivity index is 2.36. The molecule has 0 unspecified atom stereocenters. The highest BCUT2D eigenvalue weighted by atomic mass is 79.9. The Labute approximate surface area is 131 Å². The van der Waals surface area contributed by atoms with E-state index >= 15 is 0 Å². The highest BCUT2D eigenvalue weighted by Gasteiger charge is 2.18. The molecule has 0 atom stereocenters. The predicted molar refractivity (Wildman–Crippen MR) is 84.3 cm³/mol. The molecule has 0 bridgehead atoms. The van der Waals surface area contributed by atoms with Crippen LogP contribution in [0.25, 0.3) is 0 Å². The average Bonchev–Trinajstić information content (AvgIpc) is 2.37. The zero-order valence-corrected chi connectivity index (χ0v) is 13.5. The van der Waals surface area contributed by atoms with Crippen molar-refractivity contribution in [3.63, 3.8) is 0 Å². The van der Waals surface area contributed by atoms with Gasteiger partial charge in [-0.3, -0.25) is 4.72 Å². The second-order valence-corrected chi connectivity index (χ2v) is 7.03. The van der Waals surface area contributed by atoms with Crippen LogP contribution in [0.3, 0.4) is 0 Å². The zero-order valence-electron chi connectivity index (χ0n) is 10.3. The smallest absolute Gasteiger partial charge is 0.263 e. The van der Waals surface area contributed by atoms with Gasteiger partial charge in [0.15, 0.2) is 0 Å². The van der Waals surface area contributed by atoms with Crippen LogP contribution < -0.4 is 10.5 Å². The van der Waals surface area contributed by atoms with Gasteiger partial charge in [0.05, 0.1) is 5.69 Å². The maximum absolute atomic E-state index is 12.3. The largest absolute Gasteiger partial charge is 0.326 e. The maximum Gasteiger partial charge on any atom is 0.263 e. The molecule has 0 aliphatic rings. The second kappa shape index (κ2) is 6.13. The fourth-order valence-electron chi connectivity index (χ4n) is 1.65. The Morgan fingerprint density at radius 2 is 1.95 bits per heavy atom. The van der Waals surface area contributed by atoms with E-state index < -0.39 is 10.0 Å². The van der Waals surface area contributed by atoms with Gasteiger partial charge in [0.1, 0.15) is 4.90 Å². The summed E-state index contributed by atoms with van der Waals surface area (Å²) in [5, 5.41) is 0.461. The summed E-state index contributed by atoms with van der Waals surface area (Å²) in [4.78, 5) is 0.148. The number of nitrogens with one attached hydrogen (secondary N) is 1. The number of benzene rings is 2. The van der Waals surface area contributed by atoms with Gasteiger partial charge in [0.2, 0.25) is 0 Å². The molecule has 106 valence electrons. The molecule has 3 N–H and O–H groups in total. The summed E-state index contributed by atoms with van der Waals surface area (Å²) in [6, 6.07) is 11.4. The molecule has 0 aliphatic heterocycles. The lowest BCUT2D eigenvalue weighted by Crippen LogP contribution is -2.14. The quantitative estimate of drug-likeness (QED) is 0.860. The van der Waals surface area contributed by atoms with Crippen molar-refractivity contribution >= 4 is 43.2 Å². The molecule has 2 aromatic rings. The summed E-state index contributed by atoms with van der Waals surface area (Å²) in [7, 11) is -3.68. The first-order valence-electron chi connectivity index (χ1n) is 5.69. The van der Waals surface area contributed by atoms with Crippen LogP contribution in [0.4, 0.5) is 5.69 Å². The van der Waals surface area contributed by atoms with Crippen LogP contribution in [0, 0.1) is 0 Å². The van der Waals surface area contributed by atoms with Crippen LogP contribution in [0.2, 0.25) is 5.02 Å². The van der Waals surface area contributed by atoms with Crippen molar-refractivity contribution in [2.45, 2.75) is 11.4 Å². The Kier molecular flexibility index (Phi) is 4.70. The standard InChI is InChI=1S/C13H12BrClN2O2S/c14-12-6-9(8-16)4-5-13(12)20(18,19)17-11-3-1-2-10(15)7-11/h1-7,17H,8,16H2. The lowest BCUT2D eigenvalue weighted by Gasteiger charge is -2.10. The van der Waals surface area contributed by atoms with E-state index in [-0.39, 0.29) is 4.90 Å². The molecule has 0 aliphatic carbocycles. The van der Waals surface area contributed by atoms with Crippen molar-refractivity contribution in [2.24, 2.45) is 5.73 Å². The fraction of sp³-hybridized carbons (Fsp3) is 0.0769. The lowest BCUT2D eigenvalue weighted by molar-refractivity contribution is 0.600. The molecule has 0 fully saturated rings. The van der Waals surface area contributed by atoms with E-state index in [1.165, 1.54) is 6.07 Å². The van der Waals surface area contributed by atoms with Gasteiger partial charge in [-0.2, -0.15) is 0 Å². The molecular weight excluding hydrogens is 364 g/mol. The van der Waals surface area contributed by atoms with E-state index in [1.54, 1.807) is 36.4 Å². The minimum absolute atomic E-state index is 0.148. The highest BCUT2D eigenvalue weighted by Crippen LogP contribution is 2.26. The van der Waals surface area contributed by atoms with Crippen molar-refractivity contribution in [3.05, 3.63) is 57.5 Å². The Morgan fingerprint density at radius 3 is 2.55 bits per heavy atom. The molecule has 4 nitrogen and oxygen atoms in total. The van der Waals surface area contributed by atoms with Gasteiger partial charge in [-0.15, -0.1) is 0 Å². The maximum atomic E-state index is 12.3. The summed E-state index contributed by atoms with van der Waals surface area (Å²) in [5.41, 5.74) is 6.77. The van der Waals surface area contributed by atoms with E-state index in [0.717, 1.165) is 5.56 Å². The van der Waals surface area contributed by atoms with Gasteiger partial charge in [-0.05, 0) is 51.8 Å². The number of rotatable bonds is 4. The van der Waals surface area contributed by atoms with Crippen LogP contribution in [-0.4, -0.2) is 8.42 Å². The van der Waals surface area contributed by atoms with Gasteiger partial charge in [-0.25, -0.2) is 8.42 Å².